The predicted molar refractivity (Wildman–Crippen MR) is 115 cm³/mol. The number of carbonyl (C=O) groups is 1. The third-order valence-corrected chi connectivity index (χ3v) is 4.39. The maximum atomic E-state index is 12.1. The summed E-state index contributed by atoms with van der Waals surface area (Å²) < 4.78 is 0. The minimum Gasteiger partial charge on any atom is -0.376 e. The first-order valence-electron chi connectivity index (χ1n) is 8.12. The van der Waals surface area contributed by atoms with E-state index in [-0.39, 0.29) is 5.78 Å². The third kappa shape index (κ3) is 5.38. The number of allylic oxidation sites excluding steroid dienone is 2. The highest BCUT2D eigenvalue weighted by Crippen LogP contribution is 2.26. The van der Waals surface area contributed by atoms with E-state index in [0.717, 1.165) is 22.5 Å². The molecule has 2 aromatic carbocycles. The number of ketones is 1. The van der Waals surface area contributed by atoms with Crippen molar-refractivity contribution in [2.75, 3.05) is 38.0 Å². The van der Waals surface area contributed by atoms with E-state index in [9.17, 15) is 4.79 Å². The van der Waals surface area contributed by atoms with Crippen LogP contribution in [-0.2, 0) is 4.79 Å². The highest BCUT2D eigenvalue weighted by Gasteiger charge is 2.03. The molecular formula is C21H22Cl2N2O. The summed E-state index contributed by atoms with van der Waals surface area (Å²) in [7, 11) is 7.73. The maximum Gasteiger partial charge on any atom is 0.178 e. The molecule has 0 unspecified atom stereocenters. The van der Waals surface area contributed by atoms with Gasteiger partial charge in [-0.1, -0.05) is 47.5 Å². The molecule has 0 saturated carbocycles. The van der Waals surface area contributed by atoms with Crippen LogP contribution in [0.3, 0.4) is 0 Å². The van der Waals surface area contributed by atoms with Crippen molar-refractivity contribution < 1.29 is 4.79 Å². The van der Waals surface area contributed by atoms with Crippen LogP contribution in [0.1, 0.15) is 11.1 Å². The monoisotopic (exact) mass is 388 g/mol. The quantitative estimate of drug-likeness (QED) is 0.617. The summed E-state index contributed by atoms with van der Waals surface area (Å²) in [6.07, 6.45) is 6.54. The molecule has 0 amide bonds. The minimum absolute atomic E-state index is 0.106. The molecule has 0 radical (unpaired) electrons. The van der Waals surface area contributed by atoms with Crippen LogP contribution in [-0.4, -0.2) is 34.0 Å². The van der Waals surface area contributed by atoms with Crippen LogP contribution in [0, 0.1) is 0 Å². The highest BCUT2D eigenvalue weighted by molar-refractivity contribution is 6.33. The van der Waals surface area contributed by atoms with Crippen LogP contribution in [0.4, 0.5) is 11.4 Å². The minimum atomic E-state index is -0.106. The number of hydrogen-bond acceptors (Lipinski definition) is 3. The van der Waals surface area contributed by atoms with Crippen molar-refractivity contribution >= 4 is 52.5 Å². The molecule has 0 aliphatic heterocycles. The lowest BCUT2D eigenvalue weighted by atomic mass is 10.1. The molecule has 0 spiro atoms. The third-order valence-electron chi connectivity index (χ3n) is 3.79. The van der Waals surface area contributed by atoms with Gasteiger partial charge in [-0.2, -0.15) is 0 Å². The normalized spacial score (nSPS) is 11.3. The first kappa shape index (κ1) is 20.1. The topological polar surface area (TPSA) is 23.6 Å². The van der Waals surface area contributed by atoms with Gasteiger partial charge in [-0.05, 0) is 47.5 Å². The van der Waals surface area contributed by atoms with Crippen LogP contribution in [0.25, 0.3) is 12.2 Å². The second kappa shape index (κ2) is 8.93. The number of nitrogens with zero attached hydrogens (tertiary/aromatic N) is 2. The smallest absolute Gasteiger partial charge is 0.178 e. The lowest BCUT2D eigenvalue weighted by molar-refractivity contribution is -0.110. The maximum absolute atomic E-state index is 12.1. The van der Waals surface area contributed by atoms with Crippen LogP contribution >= 0.6 is 23.2 Å². The van der Waals surface area contributed by atoms with Gasteiger partial charge in [-0.15, -0.1) is 0 Å². The summed E-state index contributed by atoms with van der Waals surface area (Å²) in [4.78, 5) is 15.9. The first-order chi connectivity index (χ1) is 12.3. The Kier molecular flexibility index (Phi) is 6.90. The SMILES string of the molecule is CN(C)c1ccc(/C=C/C(=O)/C=C/c2ccc(N(C)C)c(Cl)c2)cc1Cl. The van der Waals surface area contributed by atoms with Crippen molar-refractivity contribution in [1.29, 1.82) is 0 Å². The zero-order valence-electron chi connectivity index (χ0n) is 15.3. The fraction of sp³-hybridized carbons (Fsp3) is 0.190. The zero-order chi connectivity index (χ0) is 19.3. The Labute approximate surface area is 165 Å². The van der Waals surface area contributed by atoms with Crippen molar-refractivity contribution in [2.45, 2.75) is 0 Å². The van der Waals surface area contributed by atoms with Crippen LogP contribution in [0.5, 0.6) is 0 Å². The molecule has 0 heterocycles. The Hall–Kier alpha value is -2.23. The van der Waals surface area contributed by atoms with Crippen molar-refractivity contribution in [3.8, 4) is 0 Å². The Morgan fingerprint density at radius 2 is 1.15 bits per heavy atom. The summed E-state index contributed by atoms with van der Waals surface area (Å²) in [6, 6.07) is 11.4. The lowest BCUT2D eigenvalue weighted by Crippen LogP contribution is -2.08. The van der Waals surface area contributed by atoms with Crippen molar-refractivity contribution in [2.24, 2.45) is 0 Å². The van der Waals surface area contributed by atoms with Gasteiger partial charge in [0.05, 0.1) is 21.4 Å². The molecule has 0 aromatic heterocycles. The van der Waals surface area contributed by atoms with E-state index >= 15 is 0 Å². The standard InChI is InChI=1S/C21H22Cl2N2O/c1-24(2)20-11-7-15(13-18(20)22)5-9-17(26)10-6-16-8-12-21(25(3)4)19(23)14-16/h5-14H,1-4H3/b9-5+,10-6+. The molecule has 136 valence electrons. The average molecular weight is 389 g/mol. The van der Waals surface area contributed by atoms with Gasteiger partial charge in [0.1, 0.15) is 0 Å². The van der Waals surface area contributed by atoms with Gasteiger partial charge in [0.2, 0.25) is 0 Å². The molecule has 2 aromatic rings. The van der Waals surface area contributed by atoms with E-state index in [2.05, 4.69) is 0 Å². The van der Waals surface area contributed by atoms with E-state index in [1.165, 1.54) is 12.2 Å². The predicted octanol–water partition coefficient (Wildman–Crippen LogP) is 5.42. The molecule has 0 N–H and O–H groups in total. The average Bonchev–Trinajstić information content (AvgIpc) is 2.57. The molecule has 2 rings (SSSR count). The van der Waals surface area contributed by atoms with Gasteiger partial charge in [0.25, 0.3) is 0 Å². The Morgan fingerprint density at radius 1 is 0.769 bits per heavy atom. The summed E-state index contributed by atoms with van der Waals surface area (Å²) in [6.45, 7) is 0. The van der Waals surface area contributed by atoms with Crippen LogP contribution in [0.2, 0.25) is 10.0 Å². The van der Waals surface area contributed by atoms with Gasteiger partial charge in [-0.25, -0.2) is 0 Å². The molecule has 0 atom stereocenters. The molecule has 0 bridgehead atoms. The van der Waals surface area contributed by atoms with Gasteiger partial charge < -0.3 is 9.80 Å². The number of anilines is 2. The summed E-state index contributed by atoms with van der Waals surface area (Å²) in [5.74, 6) is -0.106. The van der Waals surface area contributed by atoms with E-state index in [1.54, 1.807) is 12.2 Å². The number of halogens is 2. The van der Waals surface area contributed by atoms with Crippen molar-refractivity contribution in [3.05, 3.63) is 69.7 Å². The summed E-state index contributed by atoms with van der Waals surface area (Å²) in [5, 5.41) is 1.30. The van der Waals surface area contributed by atoms with Crippen molar-refractivity contribution in [1.82, 2.24) is 0 Å². The fourth-order valence-electron chi connectivity index (χ4n) is 2.39. The molecular weight excluding hydrogens is 367 g/mol. The number of carbonyl (C=O) groups excluding carboxylic acids is 1. The number of rotatable bonds is 6. The van der Waals surface area contributed by atoms with Crippen LogP contribution < -0.4 is 9.80 Å². The number of benzene rings is 2. The molecule has 26 heavy (non-hydrogen) atoms. The molecule has 3 nitrogen and oxygen atoms in total. The second-order valence-corrected chi connectivity index (χ2v) is 7.09. The zero-order valence-corrected chi connectivity index (χ0v) is 16.8. The fourth-order valence-corrected chi connectivity index (χ4v) is 3.11. The van der Waals surface area contributed by atoms with Gasteiger partial charge >= 0.3 is 0 Å². The molecule has 0 aliphatic rings. The Morgan fingerprint density at radius 3 is 1.46 bits per heavy atom. The van der Waals surface area contributed by atoms with E-state index in [1.807, 2.05) is 74.4 Å². The molecule has 0 saturated heterocycles. The second-order valence-electron chi connectivity index (χ2n) is 6.28. The van der Waals surface area contributed by atoms with Gasteiger partial charge in [0.15, 0.2) is 5.78 Å². The Balaban J connectivity index is 2.06. The molecule has 0 aliphatic carbocycles. The number of hydrogen-bond donors (Lipinski definition) is 0. The van der Waals surface area contributed by atoms with Crippen molar-refractivity contribution in [3.63, 3.8) is 0 Å². The first-order valence-corrected chi connectivity index (χ1v) is 8.87. The molecule has 5 heteroatoms. The van der Waals surface area contributed by atoms with E-state index in [4.69, 9.17) is 23.2 Å². The van der Waals surface area contributed by atoms with Gasteiger partial charge in [0, 0.05) is 28.2 Å². The molecule has 0 fully saturated rings. The largest absolute Gasteiger partial charge is 0.376 e. The summed E-state index contributed by atoms with van der Waals surface area (Å²) >= 11 is 12.5. The summed E-state index contributed by atoms with van der Waals surface area (Å²) in [5.41, 5.74) is 3.63. The van der Waals surface area contributed by atoms with E-state index < -0.39 is 0 Å². The van der Waals surface area contributed by atoms with E-state index in [0.29, 0.717) is 10.0 Å². The lowest BCUT2D eigenvalue weighted by Gasteiger charge is -2.14. The van der Waals surface area contributed by atoms with Gasteiger partial charge in [-0.3, -0.25) is 4.79 Å². The highest BCUT2D eigenvalue weighted by atomic mass is 35.5. The Bertz CT molecular complexity index is 786. The van der Waals surface area contributed by atoms with Crippen LogP contribution in [0.15, 0.2) is 48.6 Å².